The van der Waals surface area contributed by atoms with Crippen LogP contribution >= 0.6 is 0 Å². The number of nitriles is 2. The number of para-hydroxylation sites is 2. The highest BCUT2D eigenvalue weighted by molar-refractivity contribution is 6.13. The van der Waals surface area contributed by atoms with Gasteiger partial charge in [-0.1, -0.05) is 152 Å². The van der Waals surface area contributed by atoms with E-state index in [1.807, 2.05) is 146 Å². The molecule has 3 aromatic heterocycles. The van der Waals surface area contributed by atoms with Crippen LogP contribution in [-0.2, 0) is 0 Å². The zero-order valence-electron chi connectivity index (χ0n) is 41.3. The lowest BCUT2D eigenvalue weighted by molar-refractivity contribution is 1.06. The van der Waals surface area contributed by atoms with Crippen molar-refractivity contribution in [3.8, 4) is 91.1 Å². The van der Waals surface area contributed by atoms with Crippen molar-refractivity contribution in [2.45, 2.75) is 0 Å². The second kappa shape index (κ2) is 18.9. The summed E-state index contributed by atoms with van der Waals surface area (Å²) < 4.78 is 4.37. The molecule has 0 fully saturated rings. The van der Waals surface area contributed by atoms with Crippen molar-refractivity contribution in [2.24, 2.45) is 0 Å². The molecule has 3 heterocycles. The summed E-state index contributed by atoms with van der Waals surface area (Å²) >= 11 is 0. The average molecular weight is 993 g/mol. The molecule has 0 aliphatic carbocycles. The van der Waals surface area contributed by atoms with E-state index in [2.05, 4.69) is 84.3 Å². The van der Waals surface area contributed by atoms with Crippen molar-refractivity contribution in [1.82, 2.24) is 24.1 Å². The average Bonchev–Trinajstić information content (AvgIpc) is 4.25. The van der Waals surface area contributed by atoms with Gasteiger partial charge in [-0.05, 0) is 94.5 Å². The van der Waals surface area contributed by atoms with E-state index < -0.39 is 0 Å². The molecule has 0 atom stereocenters. The Bertz CT molecular complexity index is 4800. The van der Waals surface area contributed by atoms with E-state index in [0.717, 1.165) is 93.8 Å². The molecule has 0 bridgehead atoms. The minimum Gasteiger partial charge on any atom is -0.308 e. The van der Waals surface area contributed by atoms with Gasteiger partial charge in [-0.15, -0.1) is 0 Å². The number of aromatic nitrogens is 5. The summed E-state index contributed by atoms with van der Waals surface area (Å²) in [7, 11) is 0. The molecular formula is C68H36N10. The minimum absolute atomic E-state index is 0.399. The molecular weight excluding hydrogens is 957 g/mol. The fourth-order valence-corrected chi connectivity index (χ4v) is 10.8. The van der Waals surface area contributed by atoms with Crippen LogP contribution in [-0.4, -0.2) is 24.1 Å². The first-order valence-electron chi connectivity index (χ1n) is 24.9. The van der Waals surface area contributed by atoms with Crippen LogP contribution in [0.15, 0.2) is 218 Å². The molecule has 0 radical (unpaired) electrons. The number of hydrogen-bond donors (Lipinski definition) is 0. The van der Waals surface area contributed by atoms with E-state index in [4.69, 9.17) is 34.7 Å². The van der Waals surface area contributed by atoms with Gasteiger partial charge in [-0.3, -0.25) is 0 Å². The van der Waals surface area contributed by atoms with Crippen LogP contribution in [0.4, 0.5) is 17.1 Å². The molecule has 0 amide bonds. The van der Waals surface area contributed by atoms with Crippen molar-refractivity contribution >= 4 is 60.7 Å². The molecule has 0 spiro atoms. The summed E-state index contributed by atoms with van der Waals surface area (Å²) in [6, 6.07) is 75.8. The Kier molecular flexibility index (Phi) is 11.2. The summed E-state index contributed by atoms with van der Waals surface area (Å²) in [4.78, 5) is 26.7. The lowest BCUT2D eigenvalue weighted by Gasteiger charge is -2.18. The van der Waals surface area contributed by atoms with E-state index in [1.165, 1.54) is 0 Å². The van der Waals surface area contributed by atoms with E-state index in [9.17, 15) is 10.5 Å². The number of nitrogens with zero attached hydrogens (tertiary/aromatic N) is 10. The number of benzene rings is 10. The lowest BCUT2D eigenvalue weighted by Crippen LogP contribution is -2.04. The molecule has 13 rings (SSSR count). The van der Waals surface area contributed by atoms with Crippen LogP contribution in [0.1, 0.15) is 11.1 Å². The quantitative estimate of drug-likeness (QED) is 0.141. The van der Waals surface area contributed by atoms with E-state index in [-0.39, 0.29) is 0 Å². The molecule has 0 aliphatic heterocycles. The van der Waals surface area contributed by atoms with E-state index in [1.54, 1.807) is 24.3 Å². The Balaban J connectivity index is 1.05. The van der Waals surface area contributed by atoms with Gasteiger partial charge in [-0.2, -0.15) is 10.5 Å². The van der Waals surface area contributed by atoms with Gasteiger partial charge in [0.2, 0.25) is 0 Å². The first kappa shape index (κ1) is 46.1. The largest absolute Gasteiger partial charge is 0.308 e. The third-order valence-electron chi connectivity index (χ3n) is 14.3. The van der Waals surface area contributed by atoms with Gasteiger partial charge in [0.15, 0.2) is 34.5 Å². The van der Waals surface area contributed by atoms with E-state index in [0.29, 0.717) is 56.9 Å². The van der Waals surface area contributed by atoms with Gasteiger partial charge in [0.25, 0.3) is 0 Å². The first-order chi connectivity index (χ1) is 38.4. The molecule has 10 aromatic carbocycles. The van der Waals surface area contributed by atoms with Crippen molar-refractivity contribution in [3.05, 3.63) is 264 Å². The summed E-state index contributed by atoms with van der Waals surface area (Å²) in [5.74, 6) is 1.49. The second-order valence-electron chi connectivity index (χ2n) is 18.6. The third kappa shape index (κ3) is 7.66. The zero-order valence-corrected chi connectivity index (χ0v) is 41.3. The highest BCUT2D eigenvalue weighted by Crippen LogP contribution is 2.44. The smallest absolute Gasteiger partial charge is 0.196 e. The SMILES string of the molecule is [C-]#[N+]c1ccc(-c2ccc3c(c2)c2ccccc2n3-c2cc(-c3cccc(-n4c5ccccc5c5cc(-c6ccc(C#N)cc6[N+]#[C-])ccc54)c3C#N)ccc2-c2nc(-c3ccccc3)nc(-c3ccccc3)n2)c([N+]#[C-])c1. The standard InChI is InChI=1S/C68H36N10/c1-71-48-29-32-51(59(39-48)73-3)46-28-34-64-56(37-46)53-20-11-13-23-61(53)78(64)65-38-47(26-31-54(65)68-75-66(43-15-6-4-7-16-43)74-67(76-68)44-17-8-5-9-18-44)49-21-14-24-62(57(49)41-70)77-60-22-12-10-19-52(60)55-36-45(27-33-63(55)77)50-30-25-42(40-69)35-58(50)72-2/h4-39H. The maximum absolute atomic E-state index is 11.4. The normalized spacial score (nSPS) is 11.0. The highest BCUT2D eigenvalue weighted by atomic mass is 15.1. The molecule has 10 heteroatoms. The van der Waals surface area contributed by atoms with Gasteiger partial charge in [0.05, 0.1) is 64.8 Å². The van der Waals surface area contributed by atoms with E-state index >= 15 is 0 Å². The van der Waals surface area contributed by atoms with Crippen molar-refractivity contribution in [2.75, 3.05) is 0 Å². The topological polar surface area (TPSA) is 109 Å². The van der Waals surface area contributed by atoms with Crippen LogP contribution < -0.4 is 0 Å². The Morgan fingerprint density at radius 3 is 1.42 bits per heavy atom. The van der Waals surface area contributed by atoms with Crippen molar-refractivity contribution in [3.63, 3.8) is 0 Å². The monoisotopic (exact) mass is 992 g/mol. The Morgan fingerprint density at radius 2 is 0.846 bits per heavy atom. The Labute approximate surface area is 448 Å². The van der Waals surface area contributed by atoms with Crippen LogP contribution in [0.2, 0.25) is 0 Å². The fourth-order valence-electron chi connectivity index (χ4n) is 10.8. The molecule has 0 saturated carbocycles. The highest BCUT2D eigenvalue weighted by Gasteiger charge is 2.24. The van der Waals surface area contributed by atoms with Gasteiger partial charge in [-0.25, -0.2) is 29.5 Å². The summed E-state index contributed by atoms with van der Waals surface area (Å²) in [6.07, 6.45) is 0. The second-order valence-corrected chi connectivity index (χ2v) is 18.6. The predicted octanol–water partition coefficient (Wildman–Crippen LogP) is 17.5. The maximum Gasteiger partial charge on any atom is 0.196 e. The fraction of sp³-hybridized carbons (Fsp3) is 0. The molecule has 78 heavy (non-hydrogen) atoms. The predicted molar refractivity (Wildman–Crippen MR) is 309 cm³/mol. The molecule has 13 aromatic rings. The van der Waals surface area contributed by atoms with Gasteiger partial charge in [0.1, 0.15) is 6.07 Å². The van der Waals surface area contributed by atoms with Crippen LogP contribution in [0.3, 0.4) is 0 Å². The van der Waals surface area contributed by atoms with Crippen molar-refractivity contribution < 1.29 is 0 Å². The molecule has 0 N–H and O–H groups in total. The molecule has 0 saturated heterocycles. The minimum atomic E-state index is 0.399. The first-order valence-corrected chi connectivity index (χ1v) is 24.9. The maximum atomic E-state index is 11.4. The van der Waals surface area contributed by atoms with Gasteiger partial charge >= 0.3 is 0 Å². The Morgan fingerprint density at radius 1 is 0.346 bits per heavy atom. The number of hydrogen-bond acceptors (Lipinski definition) is 5. The molecule has 0 unspecified atom stereocenters. The number of fused-ring (bicyclic) bond motifs is 6. The van der Waals surface area contributed by atoms with Gasteiger partial charge in [0, 0.05) is 49.4 Å². The lowest BCUT2D eigenvalue weighted by atomic mass is 9.96. The van der Waals surface area contributed by atoms with Crippen LogP contribution in [0.5, 0.6) is 0 Å². The molecule has 358 valence electrons. The van der Waals surface area contributed by atoms with Crippen molar-refractivity contribution in [1.29, 1.82) is 10.5 Å². The summed E-state index contributed by atoms with van der Waals surface area (Å²) in [6.45, 7) is 23.5. The Hall–Kier alpha value is -11.7. The summed E-state index contributed by atoms with van der Waals surface area (Å²) in [5, 5.41) is 24.9. The third-order valence-corrected chi connectivity index (χ3v) is 14.3. The summed E-state index contributed by atoms with van der Waals surface area (Å²) in [5.41, 5.74) is 14.2. The molecule has 0 aliphatic rings. The number of rotatable bonds is 8. The van der Waals surface area contributed by atoms with Gasteiger partial charge < -0.3 is 9.13 Å². The van der Waals surface area contributed by atoms with Crippen LogP contribution in [0.25, 0.3) is 137 Å². The van der Waals surface area contributed by atoms with Crippen LogP contribution in [0, 0.1) is 42.4 Å². The molecule has 10 nitrogen and oxygen atoms in total. The zero-order chi connectivity index (χ0) is 52.9.